The van der Waals surface area contributed by atoms with Crippen molar-refractivity contribution in [2.45, 2.75) is 38.0 Å². The van der Waals surface area contributed by atoms with E-state index in [1.165, 1.54) is 41.4 Å². The van der Waals surface area contributed by atoms with E-state index >= 15 is 0 Å². The number of thiol groups is 1. The van der Waals surface area contributed by atoms with Gasteiger partial charge in [-0.25, -0.2) is 0 Å². The molecule has 0 saturated heterocycles. The molecular formula is C26H23NS3. The topological polar surface area (TPSA) is 12.9 Å². The van der Waals surface area contributed by atoms with E-state index in [0.29, 0.717) is 0 Å². The van der Waals surface area contributed by atoms with E-state index in [4.69, 9.17) is 17.6 Å². The van der Waals surface area contributed by atoms with E-state index in [2.05, 4.69) is 76.1 Å². The quantitative estimate of drug-likeness (QED) is 0.268. The van der Waals surface area contributed by atoms with Crippen LogP contribution in [-0.2, 0) is 5.41 Å². The summed E-state index contributed by atoms with van der Waals surface area (Å²) in [6, 6.07) is 13.2. The first kappa shape index (κ1) is 19.8. The van der Waals surface area contributed by atoms with E-state index in [1.54, 1.807) is 0 Å². The van der Waals surface area contributed by atoms with Crippen LogP contribution in [0.3, 0.4) is 0 Å². The van der Waals surface area contributed by atoms with E-state index in [9.17, 15) is 0 Å². The third kappa shape index (κ3) is 3.01. The van der Waals surface area contributed by atoms with Crippen molar-refractivity contribution in [1.29, 1.82) is 0 Å². The molecule has 0 radical (unpaired) electrons. The van der Waals surface area contributed by atoms with Crippen LogP contribution in [0.15, 0.2) is 59.4 Å². The molecule has 5 rings (SSSR count). The molecule has 0 aliphatic carbocycles. The van der Waals surface area contributed by atoms with Gasteiger partial charge in [-0.3, -0.25) is 4.98 Å². The zero-order valence-electron chi connectivity index (χ0n) is 17.5. The first-order chi connectivity index (χ1) is 14.3. The third-order valence-electron chi connectivity index (χ3n) is 5.59. The number of fused-ring (bicyclic) bond motifs is 4. The van der Waals surface area contributed by atoms with Crippen molar-refractivity contribution in [2.75, 3.05) is 0 Å². The van der Waals surface area contributed by atoms with Crippen molar-refractivity contribution in [3.8, 4) is 11.3 Å². The van der Waals surface area contributed by atoms with Gasteiger partial charge in [-0.05, 0) is 76.2 Å². The molecule has 5 aromatic rings. The molecule has 0 unspecified atom stereocenters. The maximum Gasteiger partial charge on any atom is 0.0795 e. The van der Waals surface area contributed by atoms with Gasteiger partial charge < -0.3 is 0 Å². The first-order valence-electron chi connectivity index (χ1n) is 9.97. The van der Waals surface area contributed by atoms with E-state index in [0.717, 1.165) is 21.7 Å². The van der Waals surface area contributed by atoms with Gasteiger partial charge in [0.05, 0.1) is 5.69 Å². The number of benzene rings is 2. The van der Waals surface area contributed by atoms with Gasteiger partial charge in [-0.1, -0.05) is 27.4 Å². The minimum absolute atomic E-state index is 0.0604. The molecule has 0 N–H and O–H groups in total. The Labute approximate surface area is 190 Å². The molecule has 4 heteroatoms. The standard InChI is InChI=1S/C26H23NS3/c1-14(2)21-18(28)6-7-19-22(21)23-20(30-19)8-10-27-24(23)16-12-15-9-11-29-25(15)17(13-16)26(3,4)5/h6-13,28H,1H2,2-5H3. The fraction of sp³-hybridized carbons (Fsp3) is 0.192. The molecule has 3 heterocycles. The number of thiophene rings is 2. The van der Waals surface area contributed by atoms with Crippen molar-refractivity contribution in [3.63, 3.8) is 0 Å². The first-order valence-corrected chi connectivity index (χ1v) is 12.1. The number of nitrogens with zero attached hydrogens (tertiary/aromatic N) is 1. The second-order valence-electron chi connectivity index (χ2n) is 8.86. The monoisotopic (exact) mass is 445 g/mol. The van der Waals surface area contributed by atoms with Crippen molar-refractivity contribution in [3.05, 3.63) is 65.7 Å². The Morgan fingerprint density at radius 1 is 1.03 bits per heavy atom. The smallest absolute Gasteiger partial charge is 0.0795 e. The summed E-state index contributed by atoms with van der Waals surface area (Å²) in [5, 5.41) is 5.90. The van der Waals surface area contributed by atoms with Crippen LogP contribution in [0.1, 0.15) is 38.8 Å². The van der Waals surface area contributed by atoms with Crippen LogP contribution in [0.25, 0.3) is 47.1 Å². The van der Waals surface area contributed by atoms with Crippen LogP contribution < -0.4 is 0 Å². The number of hydrogen-bond donors (Lipinski definition) is 1. The highest BCUT2D eigenvalue weighted by atomic mass is 32.1. The summed E-state index contributed by atoms with van der Waals surface area (Å²) in [5.74, 6) is 0. The van der Waals surface area contributed by atoms with Crippen molar-refractivity contribution in [1.82, 2.24) is 4.98 Å². The molecule has 30 heavy (non-hydrogen) atoms. The van der Waals surface area contributed by atoms with Crippen molar-refractivity contribution < 1.29 is 0 Å². The average Bonchev–Trinajstić information content (AvgIpc) is 3.29. The molecule has 0 atom stereocenters. The molecule has 150 valence electrons. The molecule has 2 aromatic carbocycles. The number of aromatic nitrogens is 1. The summed E-state index contributed by atoms with van der Waals surface area (Å²) in [6.45, 7) is 13.2. The summed E-state index contributed by atoms with van der Waals surface area (Å²) in [7, 11) is 0. The Morgan fingerprint density at radius 2 is 1.80 bits per heavy atom. The number of allylic oxidation sites excluding steroid dienone is 1. The second kappa shape index (κ2) is 6.94. The van der Waals surface area contributed by atoms with Crippen LogP contribution in [0, 0.1) is 0 Å². The SMILES string of the molecule is C=C(C)c1c(S)ccc2sc3ccnc(-c4cc(C(C)(C)C)c5sccc5c4)c3c12. The molecule has 0 saturated carbocycles. The Balaban J connectivity index is 1.93. The van der Waals surface area contributed by atoms with E-state index in [1.807, 2.05) is 28.9 Å². The maximum absolute atomic E-state index is 4.90. The molecule has 0 amide bonds. The fourth-order valence-electron chi connectivity index (χ4n) is 4.22. The Morgan fingerprint density at radius 3 is 2.53 bits per heavy atom. The highest BCUT2D eigenvalue weighted by Gasteiger charge is 2.22. The lowest BCUT2D eigenvalue weighted by Crippen LogP contribution is -2.11. The predicted octanol–water partition coefficient (Wildman–Crippen LogP) is 8.95. The molecular weight excluding hydrogens is 422 g/mol. The number of hydrogen-bond acceptors (Lipinski definition) is 4. The lowest BCUT2D eigenvalue weighted by molar-refractivity contribution is 0.597. The lowest BCUT2D eigenvalue weighted by Gasteiger charge is -2.21. The minimum atomic E-state index is 0.0604. The Hall–Kier alpha value is -2.14. The average molecular weight is 446 g/mol. The summed E-state index contributed by atoms with van der Waals surface area (Å²) in [6.07, 6.45) is 1.93. The van der Waals surface area contributed by atoms with Crippen LogP contribution >= 0.6 is 35.3 Å². The van der Waals surface area contributed by atoms with Crippen molar-refractivity contribution in [2.24, 2.45) is 0 Å². The summed E-state index contributed by atoms with van der Waals surface area (Å²) < 4.78 is 3.87. The molecule has 0 bridgehead atoms. The molecule has 0 fully saturated rings. The minimum Gasteiger partial charge on any atom is -0.256 e. The molecule has 0 aliphatic heterocycles. The normalized spacial score (nSPS) is 12.3. The van der Waals surface area contributed by atoms with E-state index < -0.39 is 0 Å². The number of rotatable bonds is 2. The Bertz CT molecular complexity index is 1460. The Kier molecular flexibility index (Phi) is 4.58. The fourth-order valence-corrected chi connectivity index (χ4v) is 6.81. The van der Waals surface area contributed by atoms with Gasteiger partial charge in [0, 0.05) is 41.5 Å². The highest BCUT2D eigenvalue weighted by molar-refractivity contribution is 7.80. The largest absolute Gasteiger partial charge is 0.256 e. The van der Waals surface area contributed by atoms with Gasteiger partial charge in [0.2, 0.25) is 0 Å². The van der Waals surface area contributed by atoms with Crippen LogP contribution in [-0.4, -0.2) is 4.98 Å². The summed E-state index contributed by atoms with van der Waals surface area (Å²) in [4.78, 5) is 5.87. The molecule has 3 aromatic heterocycles. The van der Waals surface area contributed by atoms with Crippen LogP contribution in [0.4, 0.5) is 0 Å². The van der Waals surface area contributed by atoms with Gasteiger partial charge in [0.15, 0.2) is 0 Å². The predicted molar refractivity (Wildman–Crippen MR) is 139 cm³/mol. The number of pyridine rings is 1. The second-order valence-corrected chi connectivity index (χ2v) is 11.3. The van der Waals surface area contributed by atoms with Gasteiger partial charge in [0.1, 0.15) is 0 Å². The summed E-state index contributed by atoms with van der Waals surface area (Å²) in [5.41, 5.74) is 5.81. The molecule has 0 aliphatic rings. The van der Waals surface area contributed by atoms with Gasteiger partial charge >= 0.3 is 0 Å². The maximum atomic E-state index is 4.90. The van der Waals surface area contributed by atoms with Gasteiger partial charge in [-0.2, -0.15) is 0 Å². The molecule has 1 nitrogen and oxygen atoms in total. The molecule has 0 spiro atoms. The lowest BCUT2D eigenvalue weighted by atomic mass is 9.84. The zero-order valence-corrected chi connectivity index (χ0v) is 20.1. The van der Waals surface area contributed by atoms with Crippen molar-refractivity contribution >= 4 is 71.1 Å². The van der Waals surface area contributed by atoms with Gasteiger partial charge in [0.25, 0.3) is 0 Å². The van der Waals surface area contributed by atoms with Crippen LogP contribution in [0.5, 0.6) is 0 Å². The zero-order chi connectivity index (χ0) is 21.2. The van der Waals surface area contributed by atoms with Crippen LogP contribution in [0.2, 0.25) is 0 Å². The van der Waals surface area contributed by atoms with Gasteiger partial charge in [-0.15, -0.1) is 35.3 Å². The third-order valence-corrected chi connectivity index (χ3v) is 8.04. The van der Waals surface area contributed by atoms with E-state index in [-0.39, 0.29) is 5.41 Å². The highest BCUT2D eigenvalue weighted by Crippen LogP contribution is 2.45. The summed E-state index contributed by atoms with van der Waals surface area (Å²) >= 11 is 8.39.